The molecule has 0 fully saturated rings. The number of thiazole rings is 1. The molecule has 0 saturated heterocycles. The van der Waals surface area contributed by atoms with Crippen molar-refractivity contribution in [1.29, 1.82) is 0 Å². The molecule has 0 radical (unpaired) electrons. The zero-order valence-electron chi connectivity index (χ0n) is 10.8. The lowest BCUT2D eigenvalue weighted by molar-refractivity contribution is 0.162. The Morgan fingerprint density at radius 1 is 1.39 bits per heavy atom. The van der Waals surface area contributed by atoms with Crippen LogP contribution in [0.15, 0.2) is 17.5 Å². The first-order valence-corrected chi connectivity index (χ1v) is 7.98. The molecule has 0 saturated carbocycles. The second-order valence-corrected chi connectivity index (χ2v) is 6.90. The minimum Gasteiger partial charge on any atom is -0.393 e. The van der Waals surface area contributed by atoms with Gasteiger partial charge >= 0.3 is 0 Å². The normalized spacial score (nSPS) is 12.8. The van der Waals surface area contributed by atoms with Crippen molar-refractivity contribution in [2.24, 2.45) is 0 Å². The van der Waals surface area contributed by atoms with Crippen LogP contribution in [0.3, 0.4) is 0 Å². The van der Waals surface area contributed by atoms with Crippen LogP contribution in [-0.2, 0) is 12.8 Å². The number of aromatic nitrogens is 1. The lowest BCUT2D eigenvalue weighted by Crippen LogP contribution is -2.10. The standard InChI is InChI=1S/C14H19NOS2/c1-10-11(2)18-14(15-10)9-12(16)5-3-6-13-7-4-8-17-13/h4,7-8,12,16H,3,5-6,9H2,1-2H3. The Labute approximate surface area is 116 Å². The third kappa shape index (κ3) is 3.90. The first-order valence-electron chi connectivity index (χ1n) is 6.28. The Hall–Kier alpha value is -0.710. The predicted octanol–water partition coefficient (Wildman–Crippen LogP) is 3.75. The van der Waals surface area contributed by atoms with Gasteiger partial charge in [-0.1, -0.05) is 6.07 Å². The molecule has 2 rings (SSSR count). The lowest BCUT2D eigenvalue weighted by Gasteiger charge is -2.07. The van der Waals surface area contributed by atoms with Crippen molar-refractivity contribution in [1.82, 2.24) is 4.98 Å². The lowest BCUT2D eigenvalue weighted by atomic mass is 10.1. The summed E-state index contributed by atoms with van der Waals surface area (Å²) in [6, 6.07) is 4.24. The summed E-state index contributed by atoms with van der Waals surface area (Å²) in [7, 11) is 0. The molecular formula is C14H19NOS2. The molecule has 18 heavy (non-hydrogen) atoms. The van der Waals surface area contributed by atoms with Crippen molar-refractivity contribution in [3.8, 4) is 0 Å². The number of aryl methyl sites for hydroxylation is 3. The molecule has 0 bridgehead atoms. The molecule has 0 aliphatic heterocycles. The zero-order chi connectivity index (χ0) is 13.0. The molecule has 1 atom stereocenters. The molecular weight excluding hydrogens is 262 g/mol. The van der Waals surface area contributed by atoms with E-state index in [1.54, 1.807) is 22.7 Å². The number of aliphatic hydroxyl groups is 1. The topological polar surface area (TPSA) is 33.1 Å². The zero-order valence-corrected chi connectivity index (χ0v) is 12.5. The van der Waals surface area contributed by atoms with Crippen LogP contribution in [0.5, 0.6) is 0 Å². The average Bonchev–Trinajstić information content (AvgIpc) is 2.90. The van der Waals surface area contributed by atoms with Crippen LogP contribution in [0, 0.1) is 13.8 Å². The molecule has 1 unspecified atom stereocenters. The molecule has 2 aromatic rings. The Balaban J connectivity index is 1.73. The largest absolute Gasteiger partial charge is 0.393 e. The van der Waals surface area contributed by atoms with Gasteiger partial charge in [0.05, 0.1) is 16.8 Å². The van der Waals surface area contributed by atoms with Gasteiger partial charge in [-0.3, -0.25) is 0 Å². The van der Waals surface area contributed by atoms with Crippen molar-refractivity contribution >= 4 is 22.7 Å². The van der Waals surface area contributed by atoms with E-state index in [2.05, 4.69) is 29.4 Å². The van der Waals surface area contributed by atoms with E-state index in [0.29, 0.717) is 6.42 Å². The van der Waals surface area contributed by atoms with E-state index in [9.17, 15) is 5.11 Å². The average molecular weight is 281 g/mol. The van der Waals surface area contributed by atoms with Gasteiger partial charge in [0.2, 0.25) is 0 Å². The fourth-order valence-electron chi connectivity index (χ4n) is 1.90. The molecule has 0 aliphatic rings. The van der Waals surface area contributed by atoms with Crippen LogP contribution >= 0.6 is 22.7 Å². The smallest absolute Gasteiger partial charge is 0.0956 e. The van der Waals surface area contributed by atoms with Gasteiger partial charge < -0.3 is 5.11 Å². The van der Waals surface area contributed by atoms with Gasteiger partial charge in [-0.2, -0.15) is 0 Å². The maximum absolute atomic E-state index is 10.0. The van der Waals surface area contributed by atoms with Crippen molar-refractivity contribution in [2.75, 3.05) is 0 Å². The van der Waals surface area contributed by atoms with Crippen LogP contribution in [0.4, 0.5) is 0 Å². The van der Waals surface area contributed by atoms with E-state index in [-0.39, 0.29) is 6.10 Å². The van der Waals surface area contributed by atoms with Gasteiger partial charge in [0.1, 0.15) is 0 Å². The summed E-state index contributed by atoms with van der Waals surface area (Å²) in [5, 5.41) is 13.2. The minimum atomic E-state index is -0.255. The summed E-state index contributed by atoms with van der Waals surface area (Å²) in [6.45, 7) is 4.11. The second-order valence-electron chi connectivity index (χ2n) is 4.58. The Morgan fingerprint density at radius 3 is 2.83 bits per heavy atom. The predicted molar refractivity (Wildman–Crippen MR) is 78.6 cm³/mol. The number of hydrogen-bond acceptors (Lipinski definition) is 4. The summed E-state index contributed by atoms with van der Waals surface area (Å²) in [6.07, 6.45) is 3.42. The fourth-order valence-corrected chi connectivity index (χ4v) is 3.65. The molecule has 0 amide bonds. The molecule has 4 heteroatoms. The second kappa shape index (κ2) is 6.45. The van der Waals surface area contributed by atoms with Crippen LogP contribution < -0.4 is 0 Å². The Kier molecular flexibility index (Phi) is 4.92. The fraction of sp³-hybridized carbons (Fsp3) is 0.500. The summed E-state index contributed by atoms with van der Waals surface area (Å²) >= 11 is 3.50. The van der Waals surface area contributed by atoms with Gasteiger partial charge in [0, 0.05) is 16.2 Å². The first kappa shape index (κ1) is 13.7. The Morgan fingerprint density at radius 2 is 2.22 bits per heavy atom. The van der Waals surface area contributed by atoms with Gasteiger partial charge in [-0.25, -0.2) is 4.98 Å². The summed E-state index contributed by atoms with van der Waals surface area (Å²) in [4.78, 5) is 7.13. The van der Waals surface area contributed by atoms with Crippen molar-refractivity contribution in [3.05, 3.63) is 38.0 Å². The molecule has 2 aromatic heterocycles. The molecule has 98 valence electrons. The molecule has 0 spiro atoms. The first-order chi connectivity index (χ1) is 8.65. The van der Waals surface area contributed by atoms with Gasteiger partial charge in [-0.05, 0) is 44.6 Å². The Bertz CT molecular complexity index is 456. The van der Waals surface area contributed by atoms with Crippen LogP contribution in [-0.4, -0.2) is 16.2 Å². The van der Waals surface area contributed by atoms with E-state index in [0.717, 1.165) is 30.0 Å². The van der Waals surface area contributed by atoms with Gasteiger partial charge in [0.15, 0.2) is 0 Å². The third-order valence-electron chi connectivity index (χ3n) is 3.02. The van der Waals surface area contributed by atoms with E-state index >= 15 is 0 Å². The summed E-state index contributed by atoms with van der Waals surface area (Å²) < 4.78 is 0. The number of hydrogen-bond donors (Lipinski definition) is 1. The number of thiophene rings is 1. The molecule has 2 heterocycles. The molecule has 1 N–H and O–H groups in total. The highest BCUT2D eigenvalue weighted by Crippen LogP contribution is 2.19. The SMILES string of the molecule is Cc1nc(CC(O)CCCc2cccs2)sc1C. The molecule has 0 aliphatic carbocycles. The van der Waals surface area contributed by atoms with Crippen molar-refractivity contribution < 1.29 is 5.11 Å². The minimum absolute atomic E-state index is 0.255. The summed E-state index contributed by atoms with van der Waals surface area (Å²) in [5.74, 6) is 0. The monoisotopic (exact) mass is 281 g/mol. The van der Waals surface area contributed by atoms with Crippen LogP contribution in [0.25, 0.3) is 0 Å². The highest BCUT2D eigenvalue weighted by molar-refractivity contribution is 7.11. The van der Waals surface area contributed by atoms with E-state index in [1.165, 1.54) is 9.75 Å². The van der Waals surface area contributed by atoms with Gasteiger partial charge in [0.25, 0.3) is 0 Å². The quantitative estimate of drug-likeness (QED) is 0.875. The van der Waals surface area contributed by atoms with E-state index in [4.69, 9.17) is 0 Å². The number of nitrogens with zero attached hydrogens (tertiary/aromatic N) is 1. The maximum atomic E-state index is 10.0. The highest BCUT2D eigenvalue weighted by Gasteiger charge is 2.10. The van der Waals surface area contributed by atoms with Crippen molar-refractivity contribution in [2.45, 2.75) is 45.6 Å². The van der Waals surface area contributed by atoms with Crippen LogP contribution in [0.2, 0.25) is 0 Å². The maximum Gasteiger partial charge on any atom is 0.0956 e. The van der Waals surface area contributed by atoms with Gasteiger partial charge in [-0.15, -0.1) is 22.7 Å². The van der Waals surface area contributed by atoms with E-state index in [1.807, 2.05) is 6.92 Å². The molecule has 2 nitrogen and oxygen atoms in total. The molecule has 0 aromatic carbocycles. The number of aliphatic hydroxyl groups excluding tert-OH is 1. The number of rotatable bonds is 6. The summed E-state index contributed by atoms with van der Waals surface area (Å²) in [5.41, 5.74) is 1.10. The van der Waals surface area contributed by atoms with Crippen LogP contribution in [0.1, 0.15) is 33.3 Å². The van der Waals surface area contributed by atoms with Crippen molar-refractivity contribution in [3.63, 3.8) is 0 Å². The third-order valence-corrected chi connectivity index (χ3v) is 5.06. The highest BCUT2D eigenvalue weighted by atomic mass is 32.1. The van der Waals surface area contributed by atoms with E-state index < -0.39 is 0 Å².